The van der Waals surface area contributed by atoms with Gasteiger partial charge in [0.25, 0.3) is 0 Å². The van der Waals surface area contributed by atoms with E-state index in [2.05, 4.69) is 181 Å². The topological polar surface area (TPSA) is 43.6 Å². The van der Waals surface area contributed by atoms with Gasteiger partial charge >= 0.3 is 0 Å². The van der Waals surface area contributed by atoms with E-state index in [0.717, 1.165) is 34.2 Å². The van der Waals surface area contributed by atoms with E-state index in [-0.39, 0.29) is 0 Å². The van der Waals surface area contributed by atoms with Gasteiger partial charge in [0.1, 0.15) is 0 Å². The first-order chi connectivity index (χ1) is 31.6. The van der Waals surface area contributed by atoms with Crippen molar-refractivity contribution in [3.63, 3.8) is 0 Å². The molecular weight excluding hydrogens is 797 g/mol. The highest BCUT2D eigenvalue weighted by molar-refractivity contribution is 7.26. The third kappa shape index (κ3) is 5.44. The van der Waals surface area contributed by atoms with Crippen molar-refractivity contribution in [2.45, 2.75) is 24.7 Å². The average Bonchev–Trinajstić information content (AvgIpc) is 4.00. The minimum atomic E-state index is -0.466. The third-order valence-electron chi connectivity index (χ3n) is 13.6. The van der Waals surface area contributed by atoms with E-state index in [1.165, 1.54) is 70.3 Å². The van der Waals surface area contributed by atoms with Gasteiger partial charge in [-0.15, -0.1) is 11.3 Å². The summed E-state index contributed by atoms with van der Waals surface area (Å²) in [6, 6.07) is 70.4. The molecule has 0 amide bonds. The van der Waals surface area contributed by atoms with E-state index in [4.69, 9.17) is 15.0 Å². The maximum atomic E-state index is 5.19. The van der Waals surface area contributed by atoms with Crippen LogP contribution < -0.4 is 0 Å². The van der Waals surface area contributed by atoms with Crippen molar-refractivity contribution in [2.75, 3.05) is 0 Å². The predicted molar refractivity (Wildman–Crippen MR) is 265 cm³/mol. The molecule has 13 rings (SSSR count). The molecule has 1 atom stereocenters. The monoisotopic (exact) mass is 836 g/mol. The molecule has 8 aromatic carbocycles. The SMILES string of the molecule is CC1CC=Cc2c1c1cc3c(cc1n2-c1ccc2sc4cccc(-c5nc(-c6ccccc6)nc(-c6ccccc6)n5)c4c2c1)-c1ccccc1C3(c1ccccc1)c1ccccc1. The van der Waals surface area contributed by atoms with Crippen molar-refractivity contribution >= 4 is 48.5 Å². The molecule has 0 saturated carbocycles. The molecule has 64 heavy (non-hydrogen) atoms. The molecule has 0 bridgehead atoms. The number of fused-ring (bicyclic) bond motifs is 9. The highest BCUT2D eigenvalue weighted by Crippen LogP contribution is 2.58. The van der Waals surface area contributed by atoms with Gasteiger partial charge in [-0.25, -0.2) is 15.0 Å². The average molecular weight is 837 g/mol. The first-order valence-corrected chi connectivity index (χ1v) is 22.9. The Morgan fingerprint density at radius 1 is 0.516 bits per heavy atom. The molecule has 302 valence electrons. The van der Waals surface area contributed by atoms with Crippen LogP contribution in [0.5, 0.6) is 0 Å². The van der Waals surface area contributed by atoms with Gasteiger partial charge in [0.05, 0.1) is 10.9 Å². The minimum absolute atomic E-state index is 0.354. The number of nitrogens with zero attached hydrogens (tertiary/aromatic N) is 4. The lowest BCUT2D eigenvalue weighted by Gasteiger charge is -2.34. The number of hydrogen-bond donors (Lipinski definition) is 0. The smallest absolute Gasteiger partial charge is 0.164 e. The minimum Gasteiger partial charge on any atom is -0.310 e. The first kappa shape index (κ1) is 36.9. The number of allylic oxidation sites excluding steroid dienone is 1. The van der Waals surface area contributed by atoms with Crippen LogP contribution >= 0.6 is 11.3 Å². The Balaban J connectivity index is 1.06. The van der Waals surface area contributed by atoms with E-state index in [1.807, 2.05) is 47.7 Å². The molecule has 2 aliphatic carbocycles. The van der Waals surface area contributed by atoms with Crippen LogP contribution in [0.15, 0.2) is 200 Å². The lowest BCUT2D eigenvalue weighted by Crippen LogP contribution is -2.28. The van der Waals surface area contributed by atoms with Crippen LogP contribution in [0, 0.1) is 0 Å². The molecule has 0 fully saturated rings. The number of benzene rings is 8. The van der Waals surface area contributed by atoms with Gasteiger partial charge in [0, 0.05) is 53.6 Å². The molecular formula is C59H40N4S. The standard InChI is InChI=1S/C59H40N4S/c1-37-18-16-30-50-54(37)46-35-49-45(43-27-14-15-29-48(43)59(49,40-23-10-4-11-24-40)41-25-12-5-13-26-41)36-51(46)63(50)42-32-33-52-47(34-42)55-44(28-17-31-53(55)64-52)58-61-56(38-19-6-2-7-20-38)60-57(62-58)39-21-8-3-9-22-39/h2-17,19-37H,18H2,1H3. The van der Waals surface area contributed by atoms with Gasteiger partial charge in [-0.1, -0.05) is 171 Å². The molecule has 0 N–H and O–H groups in total. The Labute approximate surface area is 375 Å². The Morgan fingerprint density at radius 3 is 1.81 bits per heavy atom. The summed E-state index contributed by atoms with van der Waals surface area (Å²) in [6.45, 7) is 2.39. The van der Waals surface area contributed by atoms with Gasteiger partial charge in [0.2, 0.25) is 0 Å². The maximum Gasteiger partial charge on any atom is 0.164 e. The molecule has 2 aliphatic rings. The van der Waals surface area contributed by atoms with Crippen LogP contribution in [0.4, 0.5) is 0 Å². The largest absolute Gasteiger partial charge is 0.310 e. The van der Waals surface area contributed by atoms with Crippen molar-refractivity contribution in [1.29, 1.82) is 0 Å². The van der Waals surface area contributed by atoms with Crippen molar-refractivity contribution < 1.29 is 0 Å². The second-order valence-electron chi connectivity index (χ2n) is 17.1. The zero-order chi connectivity index (χ0) is 42.4. The zero-order valence-electron chi connectivity index (χ0n) is 35.1. The normalized spacial score (nSPS) is 14.8. The second-order valence-corrected chi connectivity index (χ2v) is 18.2. The fraction of sp³-hybridized carbons (Fsp3) is 0.0678. The highest BCUT2D eigenvalue weighted by Gasteiger charge is 2.46. The van der Waals surface area contributed by atoms with Crippen LogP contribution in [0.1, 0.15) is 52.8 Å². The summed E-state index contributed by atoms with van der Waals surface area (Å²) in [7, 11) is 0. The molecule has 1 unspecified atom stereocenters. The van der Waals surface area contributed by atoms with Crippen LogP contribution in [0.2, 0.25) is 0 Å². The third-order valence-corrected chi connectivity index (χ3v) is 14.7. The fourth-order valence-corrected chi connectivity index (χ4v) is 11.9. The van der Waals surface area contributed by atoms with Gasteiger partial charge < -0.3 is 4.57 Å². The van der Waals surface area contributed by atoms with E-state index in [1.54, 1.807) is 0 Å². The molecule has 11 aromatic rings. The molecule has 3 aromatic heterocycles. The van der Waals surface area contributed by atoms with Crippen LogP contribution in [0.25, 0.3) is 88.1 Å². The van der Waals surface area contributed by atoms with E-state index < -0.39 is 5.41 Å². The molecule has 0 aliphatic heterocycles. The van der Waals surface area contributed by atoms with E-state index in [0.29, 0.717) is 23.4 Å². The van der Waals surface area contributed by atoms with Crippen molar-refractivity contribution in [3.05, 3.63) is 234 Å². The second kappa shape index (κ2) is 14.4. The number of hydrogen-bond acceptors (Lipinski definition) is 4. The number of rotatable bonds is 6. The quantitative estimate of drug-likeness (QED) is 0.168. The molecule has 5 heteroatoms. The molecule has 4 nitrogen and oxygen atoms in total. The summed E-state index contributed by atoms with van der Waals surface area (Å²) in [5.74, 6) is 2.34. The molecule has 3 heterocycles. The Bertz CT molecular complexity index is 3550. The summed E-state index contributed by atoms with van der Waals surface area (Å²) >= 11 is 1.82. The molecule has 0 saturated heterocycles. The maximum absolute atomic E-state index is 5.19. The summed E-state index contributed by atoms with van der Waals surface area (Å²) in [6.07, 6.45) is 5.72. The zero-order valence-corrected chi connectivity index (χ0v) is 35.9. The Hall–Kier alpha value is -7.73. The van der Waals surface area contributed by atoms with E-state index in [9.17, 15) is 0 Å². The summed E-state index contributed by atoms with van der Waals surface area (Å²) in [5, 5.41) is 3.67. The van der Waals surface area contributed by atoms with Crippen molar-refractivity contribution in [2.24, 2.45) is 0 Å². The summed E-state index contributed by atoms with van der Waals surface area (Å²) in [5.41, 5.74) is 15.3. The van der Waals surface area contributed by atoms with E-state index >= 15 is 0 Å². The molecule has 0 spiro atoms. The number of aromatic nitrogens is 4. The van der Waals surface area contributed by atoms with Gasteiger partial charge in [0.15, 0.2) is 17.5 Å². The van der Waals surface area contributed by atoms with Gasteiger partial charge in [-0.2, -0.15) is 0 Å². The summed E-state index contributed by atoms with van der Waals surface area (Å²) in [4.78, 5) is 15.4. The lowest BCUT2D eigenvalue weighted by molar-refractivity contribution is 0.765. The van der Waals surface area contributed by atoms with Crippen LogP contribution in [-0.4, -0.2) is 19.5 Å². The van der Waals surface area contributed by atoms with Crippen molar-refractivity contribution in [3.8, 4) is 51.0 Å². The molecule has 0 radical (unpaired) electrons. The van der Waals surface area contributed by atoms with Gasteiger partial charge in [-0.3, -0.25) is 0 Å². The first-order valence-electron chi connectivity index (χ1n) is 22.1. The lowest BCUT2D eigenvalue weighted by atomic mass is 9.67. The number of thiophene rings is 1. The Morgan fingerprint density at radius 2 is 1.12 bits per heavy atom. The Kier molecular flexibility index (Phi) is 8.31. The van der Waals surface area contributed by atoms with Crippen molar-refractivity contribution in [1.82, 2.24) is 19.5 Å². The highest BCUT2D eigenvalue weighted by atomic mass is 32.1. The van der Waals surface area contributed by atoms with Crippen LogP contribution in [-0.2, 0) is 5.41 Å². The van der Waals surface area contributed by atoms with Crippen LogP contribution in [0.3, 0.4) is 0 Å². The van der Waals surface area contributed by atoms with Gasteiger partial charge in [-0.05, 0) is 93.8 Å². The summed E-state index contributed by atoms with van der Waals surface area (Å²) < 4.78 is 4.96. The fourth-order valence-electron chi connectivity index (χ4n) is 10.8. The predicted octanol–water partition coefficient (Wildman–Crippen LogP) is 15.1.